The van der Waals surface area contributed by atoms with Gasteiger partial charge in [-0.15, -0.1) is 0 Å². The van der Waals surface area contributed by atoms with Gasteiger partial charge in [0, 0.05) is 23.8 Å². The Morgan fingerprint density at radius 1 is 1.07 bits per heavy atom. The number of hydrogen-bond acceptors (Lipinski definition) is 2. The summed E-state index contributed by atoms with van der Waals surface area (Å²) in [7, 11) is 0. The molecule has 0 bridgehead atoms. The van der Waals surface area contributed by atoms with E-state index in [0.29, 0.717) is 18.2 Å². The van der Waals surface area contributed by atoms with Gasteiger partial charge in [-0.25, -0.2) is 0 Å². The minimum absolute atomic E-state index is 0.610. The summed E-state index contributed by atoms with van der Waals surface area (Å²) in [4.78, 5) is 0. The second kappa shape index (κ2) is 5.50. The molecule has 0 fully saturated rings. The molecule has 0 aliphatic carbocycles. The van der Waals surface area contributed by atoms with E-state index in [1.54, 1.807) is 0 Å². The van der Waals surface area contributed by atoms with E-state index in [2.05, 4.69) is 0 Å². The van der Waals surface area contributed by atoms with Crippen molar-refractivity contribution in [3.8, 4) is 0 Å². The lowest BCUT2D eigenvalue weighted by atomic mass is 10.1. The molecule has 1 aromatic carbocycles. The molecule has 3 heteroatoms. The number of benzene rings is 1. The van der Waals surface area contributed by atoms with Crippen molar-refractivity contribution in [3.05, 3.63) is 34.9 Å². The highest BCUT2D eigenvalue weighted by atomic mass is 35.5. The van der Waals surface area contributed by atoms with Crippen LogP contribution in [0.4, 0.5) is 0 Å². The van der Waals surface area contributed by atoms with Crippen molar-refractivity contribution in [2.45, 2.75) is 26.6 Å². The molecule has 0 amide bonds. The number of rotatable bonds is 5. The Morgan fingerprint density at radius 3 is 1.93 bits per heavy atom. The molecule has 0 heterocycles. The largest absolute Gasteiger partial charge is 0.346 e. The van der Waals surface area contributed by atoms with Crippen LogP contribution in [-0.4, -0.2) is 13.2 Å². The minimum atomic E-state index is -0.673. The molecule has 0 aliphatic rings. The van der Waals surface area contributed by atoms with Crippen LogP contribution >= 0.6 is 11.6 Å². The smallest absolute Gasteiger partial charge is 0.191 e. The fraction of sp³-hybridized carbons (Fsp3) is 0.500. The van der Waals surface area contributed by atoms with Gasteiger partial charge >= 0.3 is 0 Å². The summed E-state index contributed by atoms with van der Waals surface area (Å²) in [5.74, 6) is -0.673. The van der Waals surface area contributed by atoms with E-state index in [-0.39, 0.29) is 0 Å². The normalized spacial score (nSPS) is 11.7. The third-order valence-corrected chi connectivity index (χ3v) is 2.46. The van der Waals surface area contributed by atoms with Crippen LogP contribution in [0.5, 0.6) is 0 Å². The van der Waals surface area contributed by atoms with Gasteiger partial charge in [-0.05, 0) is 32.9 Å². The van der Waals surface area contributed by atoms with Crippen molar-refractivity contribution in [2.24, 2.45) is 0 Å². The van der Waals surface area contributed by atoms with Gasteiger partial charge in [-0.1, -0.05) is 23.7 Å². The lowest BCUT2D eigenvalue weighted by Gasteiger charge is -2.29. The van der Waals surface area contributed by atoms with Crippen LogP contribution in [-0.2, 0) is 15.3 Å². The first-order valence-corrected chi connectivity index (χ1v) is 5.54. The maximum absolute atomic E-state index is 5.83. The van der Waals surface area contributed by atoms with Gasteiger partial charge in [0.2, 0.25) is 0 Å². The monoisotopic (exact) mass is 228 g/mol. The summed E-state index contributed by atoms with van der Waals surface area (Å²) in [5.41, 5.74) is 0.982. The molecular weight excluding hydrogens is 212 g/mol. The lowest BCUT2D eigenvalue weighted by Crippen LogP contribution is -2.29. The van der Waals surface area contributed by atoms with Crippen LogP contribution in [0.15, 0.2) is 24.3 Å². The standard InChI is InChI=1S/C12H17ClO2/c1-4-14-12(3,15-5-2)10-6-8-11(13)9-7-10/h6-9H,4-5H2,1-3H3. The van der Waals surface area contributed by atoms with Crippen molar-refractivity contribution in [3.63, 3.8) is 0 Å². The fourth-order valence-electron chi connectivity index (χ4n) is 1.51. The van der Waals surface area contributed by atoms with Crippen LogP contribution in [0.1, 0.15) is 26.3 Å². The number of hydrogen-bond donors (Lipinski definition) is 0. The van der Waals surface area contributed by atoms with Crippen LogP contribution in [0.2, 0.25) is 5.02 Å². The molecule has 0 aliphatic heterocycles. The van der Waals surface area contributed by atoms with Gasteiger partial charge in [0.05, 0.1) is 0 Å². The van der Waals surface area contributed by atoms with Gasteiger partial charge in [0.25, 0.3) is 0 Å². The number of ether oxygens (including phenoxy) is 2. The molecule has 0 saturated carbocycles. The van der Waals surface area contributed by atoms with Crippen molar-refractivity contribution < 1.29 is 9.47 Å². The van der Waals surface area contributed by atoms with E-state index < -0.39 is 5.79 Å². The van der Waals surface area contributed by atoms with Gasteiger partial charge in [-0.3, -0.25) is 0 Å². The van der Waals surface area contributed by atoms with Gasteiger partial charge in [0.15, 0.2) is 5.79 Å². The predicted molar refractivity (Wildman–Crippen MR) is 62.1 cm³/mol. The SMILES string of the molecule is CCOC(C)(OCC)c1ccc(Cl)cc1. The molecule has 1 rings (SSSR count). The quantitative estimate of drug-likeness (QED) is 0.718. The maximum Gasteiger partial charge on any atom is 0.191 e. The molecule has 0 radical (unpaired) electrons. The summed E-state index contributed by atoms with van der Waals surface area (Å²) in [5, 5.41) is 0.717. The summed E-state index contributed by atoms with van der Waals surface area (Å²) < 4.78 is 11.3. The van der Waals surface area contributed by atoms with E-state index in [9.17, 15) is 0 Å². The van der Waals surface area contributed by atoms with E-state index in [1.807, 2.05) is 45.0 Å². The van der Waals surface area contributed by atoms with Crippen LogP contribution in [0, 0.1) is 0 Å². The molecule has 0 aromatic heterocycles. The predicted octanol–water partition coefficient (Wildman–Crippen LogP) is 3.59. The zero-order valence-corrected chi connectivity index (χ0v) is 10.2. The zero-order valence-electron chi connectivity index (χ0n) is 9.42. The number of halogens is 1. The minimum Gasteiger partial charge on any atom is -0.346 e. The molecule has 0 unspecified atom stereocenters. The Morgan fingerprint density at radius 2 is 1.53 bits per heavy atom. The van der Waals surface area contributed by atoms with Gasteiger partial charge < -0.3 is 9.47 Å². The molecule has 15 heavy (non-hydrogen) atoms. The van der Waals surface area contributed by atoms with Crippen molar-refractivity contribution in [1.29, 1.82) is 0 Å². The molecule has 0 saturated heterocycles. The highest BCUT2D eigenvalue weighted by molar-refractivity contribution is 6.30. The topological polar surface area (TPSA) is 18.5 Å². The third kappa shape index (κ3) is 3.20. The van der Waals surface area contributed by atoms with Crippen LogP contribution in [0.25, 0.3) is 0 Å². The van der Waals surface area contributed by atoms with Crippen LogP contribution in [0.3, 0.4) is 0 Å². The first kappa shape index (κ1) is 12.5. The van der Waals surface area contributed by atoms with Gasteiger partial charge in [-0.2, -0.15) is 0 Å². The maximum atomic E-state index is 5.83. The molecule has 1 aromatic rings. The molecule has 0 atom stereocenters. The zero-order chi connectivity index (χ0) is 11.3. The molecule has 2 nitrogen and oxygen atoms in total. The van der Waals surface area contributed by atoms with E-state index in [0.717, 1.165) is 5.56 Å². The van der Waals surface area contributed by atoms with Crippen molar-refractivity contribution in [1.82, 2.24) is 0 Å². The second-order valence-electron chi connectivity index (χ2n) is 3.32. The lowest BCUT2D eigenvalue weighted by molar-refractivity contribution is -0.229. The summed E-state index contributed by atoms with van der Waals surface area (Å²) in [6.45, 7) is 7.04. The Bertz CT molecular complexity index is 289. The van der Waals surface area contributed by atoms with Crippen molar-refractivity contribution >= 4 is 11.6 Å². The van der Waals surface area contributed by atoms with E-state index in [4.69, 9.17) is 21.1 Å². The summed E-state index contributed by atoms with van der Waals surface area (Å²) >= 11 is 5.83. The summed E-state index contributed by atoms with van der Waals surface area (Å²) in [6, 6.07) is 7.53. The second-order valence-corrected chi connectivity index (χ2v) is 3.76. The average molecular weight is 229 g/mol. The highest BCUT2D eigenvalue weighted by Crippen LogP contribution is 2.27. The summed E-state index contributed by atoms with van der Waals surface area (Å²) in [6.07, 6.45) is 0. The fourth-order valence-corrected chi connectivity index (χ4v) is 1.64. The Balaban J connectivity index is 2.92. The molecule has 84 valence electrons. The van der Waals surface area contributed by atoms with Gasteiger partial charge in [0.1, 0.15) is 0 Å². The highest BCUT2D eigenvalue weighted by Gasteiger charge is 2.27. The third-order valence-electron chi connectivity index (χ3n) is 2.21. The molecule has 0 spiro atoms. The Hall–Kier alpha value is -0.570. The Kier molecular flexibility index (Phi) is 4.58. The Labute approximate surface area is 96.2 Å². The first-order valence-electron chi connectivity index (χ1n) is 5.16. The average Bonchev–Trinajstić information content (AvgIpc) is 2.19. The molecule has 0 N–H and O–H groups in total. The van der Waals surface area contributed by atoms with Crippen molar-refractivity contribution in [2.75, 3.05) is 13.2 Å². The first-order chi connectivity index (χ1) is 7.12. The van der Waals surface area contributed by atoms with Crippen LogP contribution < -0.4 is 0 Å². The van der Waals surface area contributed by atoms with E-state index in [1.165, 1.54) is 0 Å². The van der Waals surface area contributed by atoms with E-state index >= 15 is 0 Å². The molecular formula is C12H17ClO2.